The summed E-state index contributed by atoms with van der Waals surface area (Å²) >= 11 is 0. The molecule has 0 spiro atoms. The van der Waals surface area contributed by atoms with Gasteiger partial charge in [0, 0.05) is 31.2 Å². The van der Waals surface area contributed by atoms with Crippen LogP contribution >= 0.6 is 0 Å². The van der Waals surface area contributed by atoms with Crippen molar-refractivity contribution in [1.29, 1.82) is 0 Å². The minimum atomic E-state index is -3.96. The first-order valence-corrected chi connectivity index (χ1v) is 9.80. The predicted octanol–water partition coefficient (Wildman–Crippen LogP) is 1.88. The van der Waals surface area contributed by atoms with Crippen molar-refractivity contribution in [3.63, 3.8) is 0 Å². The molecule has 0 unspecified atom stereocenters. The van der Waals surface area contributed by atoms with Gasteiger partial charge in [0.25, 0.3) is 0 Å². The van der Waals surface area contributed by atoms with Crippen molar-refractivity contribution in [1.82, 2.24) is 0 Å². The number of hydrogen-bond donors (Lipinski definition) is 2. The molecule has 2 aromatic rings. The Bertz CT molecular complexity index is 911. The molecule has 0 bridgehead atoms. The smallest absolute Gasteiger partial charge is 0.239 e. The van der Waals surface area contributed by atoms with E-state index in [0.29, 0.717) is 5.69 Å². The van der Waals surface area contributed by atoms with Crippen molar-refractivity contribution in [2.24, 2.45) is 0 Å². The fourth-order valence-corrected chi connectivity index (χ4v) is 3.27. The third kappa shape index (κ3) is 6.70. The maximum Gasteiger partial charge on any atom is 0.239 e. The number of halogens is 1. The molecule has 0 heterocycles. The number of nitrogens with one attached hydrogen (secondary N) is 2. The molecule has 2 aromatic carbocycles. The summed E-state index contributed by atoms with van der Waals surface area (Å²) < 4.78 is 36.9. The van der Waals surface area contributed by atoms with Crippen LogP contribution in [0.2, 0.25) is 0 Å². The summed E-state index contributed by atoms with van der Waals surface area (Å²) in [5.41, 5.74) is 1.65. The molecule has 27 heavy (non-hydrogen) atoms. The zero-order valence-corrected chi connectivity index (χ0v) is 15.7. The average molecular weight is 393 g/mol. The molecule has 0 radical (unpaired) electrons. The number of anilines is 3. The van der Waals surface area contributed by atoms with E-state index >= 15 is 0 Å². The quantitative estimate of drug-likeness (QED) is 0.749. The lowest BCUT2D eigenvalue weighted by atomic mass is 10.2. The number of benzene rings is 2. The van der Waals surface area contributed by atoms with E-state index in [1.165, 1.54) is 12.1 Å². The third-order valence-corrected chi connectivity index (χ3v) is 4.90. The molecule has 144 valence electrons. The van der Waals surface area contributed by atoms with Gasteiger partial charge in [-0.3, -0.25) is 9.59 Å². The topological polar surface area (TPSA) is 95.6 Å². The van der Waals surface area contributed by atoms with Gasteiger partial charge in [0.1, 0.15) is 17.3 Å². The van der Waals surface area contributed by atoms with E-state index in [4.69, 9.17) is 0 Å². The van der Waals surface area contributed by atoms with E-state index in [1.54, 1.807) is 24.3 Å². The van der Waals surface area contributed by atoms with Crippen LogP contribution in [0.25, 0.3) is 0 Å². The molecule has 0 aliphatic heterocycles. The average Bonchev–Trinajstić information content (AvgIpc) is 2.56. The van der Waals surface area contributed by atoms with Crippen LogP contribution in [0.3, 0.4) is 0 Å². The van der Waals surface area contributed by atoms with Crippen molar-refractivity contribution >= 4 is 38.7 Å². The van der Waals surface area contributed by atoms with Crippen LogP contribution in [0.4, 0.5) is 21.5 Å². The molecule has 0 fully saturated rings. The summed E-state index contributed by atoms with van der Waals surface area (Å²) in [5.74, 6) is -3.68. The summed E-state index contributed by atoms with van der Waals surface area (Å²) in [5, 5.41) is 4.83. The van der Waals surface area contributed by atoms with E-state index in [1.807, 2.05) is 19.0 Å². The molecule has 0 atom stereocenters. The van der Waals surface area contributed by atoms with E-state index in [2.05, 4.69) is 10.6 Å². The summed E-state index contributed by atoms with van der Waals surface area (Å²) in [6.45, 7) is 0. The molecule has 7 nitrogen and oxygen atoms in total. The van der Waals surface area contributed by atoms with Crippen LogP contribution < -0.4 is 15.5 Å². The zero-order chi connectivity index (χ0) is 20.0. The number of amides is 2. The lowest BCUT2D eigenvalue weighted by molar-refractivity contribution is -0.114. The Morgan fingerprint density at radius 2 is 1.26 bits per heavy atom. The number of sulfone groups is 1. The SMILES string of the molecule is CN(C)c1ccc(NC(=O)CS(=O)(=O)CC(=O)Nc2ccc(F)cc2)cc1. The van der Waals surface area contributed by atoms with Gasteiger partial charge in [0.15, 0.2) is 9.84 Å². The van der Waals surface area contributed by atoms with E-state index in [-0.39, 0.29) is 5.69 Å². The Kier molecular flexibility index (Phi) is 6.51. The van der Waals surface area contributed by atoms with Crippen LogP contribution in [0.1, 0.15) is 0 Å². The highest BCUT2D eigenvalue weighted by molar-refractivity contribution is 7.92. The van der Waals surface area contributed by atoms with E-state index in [9.17, 15) is 22.4 Å². The highest BCUT2D eigenvalue weighted by Gasteiger charge is 2.21. The van der Waals surface area contributed by atoms with Gasteiger partial charge in [0.2, 0.25) is 11.8 Å². The lowest BCUT2D eigenvalue weighted by Gasteiger charge is -2.13. The summed E-state index contributed by atoms with van der Waals surface area (Å²) in [6.07, 6.45) is 0. The first kappa shape index (κ1) is 20.4. The molecule has 2 rings (SSSR count). The van der Waals surface area contributed by atoms with Crippen LogP contribution in [0.5, 0.6) is 0 Å². The minimum absolute atomic E-state index is 0.266. The fourth-order valence-electron chi connectivity index (χ4n) is 2.22. The molecule has 2 amide bonds. The first-order chi connectivity index (χ1) is 12.6. The van der Waals surface area contributed by atoms with Gasteiger partial charge in [-0.2, -0.15) is 0 Å². The van der Waals surface area contributed by atoms with Crippen molar-refractivity contribution in [3.8, 4) is 0 Å². The first-order valence-electron chi connectivity index (χ1n) is 7.98. The molecule has 0 saturated heterocycles. The summed E-state index contributed by atoms with van der Waals surface area (Å²) in [7, 11) is -0.212. The second-order valence-electron chi connectivity index (χ2n) is 6.08. The standard InChI is InChI=1S/C18H20FN3O4S/c1-22(2)16-9-7-15(8-10-16)21-18(24)12-27(25,26)11-17(23)20-14-5-3-13(19)4-6-14/h3-10H,11-12H2,1-2H3,(H,20,23)(H,21,24). The lowest BCUT2D eigenvalue weighted by Crippen LogP contribution is -2.30. The number of rotatable bonds is 7. The number of carbonyl (C=O) groups excluding carboxylic acids is 2. The molecule has 0 aromatic heterocycles. The number of nitrogens with zero attached hydrogens (tertiary/aromatic N) is 1. The maximum atomic E-state index is 12.8. The molecule has 9 heteroatoms. The second kappa shape index (κ2) is 8.63. The van der Waals surface area contributed by atoms with Crippen molar-refractivity contribution in [2.45, 2.75) is 0 Å². The van der Waals surface area contributed by atoms with Crippen molar-refractivity contribution < 1.29 is 22.4 Å². The van der Waals surface area contributed by atoms with Crippen molar-refractivity contribution in [3.05, 3.63) is 54.3 Å². The molecule has 0 aliphatic carbocycles. The monoisotopic (exact) mass is 393 g/mol. The largest absolute Gasteiger partial charge is 0.378 e. The van der Waals surface area contributed by atoms with Gasteiger partial charge in [0.05, 0.1) is 0 Å². The Morgan fingerprint density at radius 1 is 0.852 bits per heavy atom. The minimum Gasteiger partial charge on any atom is -0.378 e. The maximum absolute atomic E-state index is 12.8. The molecule has 0 aliphatic rings. The highest BCUT2D eigenvalue weighted by Crippen LogP contribution is 2.15. The Labute approximate surface area is 157 Å². The Morgan fingerprint density at radius 3 is 1.67 bits per heavy atom. The van der Waals surface area contributed by atoms with Gasteiger partial charge < -0.3 is 15.5 Å². The fraction of sp³-hybridized carbons (Fsp3) is 0.222. The third-order valence-electron chi connectivity index (χ3n) is 3.50. The molecule has 2 N–H and O–H groups in total. The van der Waals surface area contributed by atoms with Gasteiger partial charge in [-0.25, -0.2) is 12.8 Å². The summed E-state index contributed by atoms with van der Waals surface area (Å²) in [4.78, 5) is 25.7. The Balaban J connectivity index is 1.89. The predicted molar refractivity (Wildman–Crippen MR) is 103 cm³/mol. The van der Waals surface area contributed by atoms with Gasteiger partial charge in [-0.05, 0) is 48.5 Å². The zero-order valence-electron chi connectivity index (χ0n) is 14.9. The highest BCUT2D eigenvalue weighted by atomic mass is 32.2. The normalized spacial score (nSPS) is 10.9. The Hall–Kier alpha value is -2.94. The van der Waals surface area contributed by atoms with Gasteiger partial charge in [-0.1, -0.05) is 0 Å². The van der Waals surface area contributed by atoms with Crippen molar-refractivity contribution in [2.75, 3.05) is 41.1 Å². The molecular formula is C18H20FN3O4S. The van der Waals surface area contributed by atoms with Crippen LogP contribution in [0.15, 0.2) is 48.5 Å². The van der Waals surface area contributed by atoms with Crippen LogP contribution in [-0.2, 0) is 19.4 Å². The van der Waals surface area contributed by atoms with Crippen LogP contribution in [-0.4, -0.2) is 45.8 Å². The second-order valence-corrected chi connectivity index (χ2v) is 8.14. The molecule has 0 saturated carbocycles. The number of carbonyl (C=O) groups is 2. The van der Waals surface area contributed by atoms with E-state index in [0.717, 1.165) is 17.8 Å². The van der Waals surface area contributed by atoms with Gasteiger partial charge in [-0.15, -0.1) is 0 Å². The van der Waals surface area contributed by atoms with E-state index < -0.39 is 39.0 Å². The molecular weight excluding hydrogens is 373 g/mol. The number of hydrogen-bond acceptors (Lipinski definition) is 5. The van der Waals surface area contributed by atoms with Gasteiger partial charge >= 0.3 is 0 Å². The summed E-state index contributed by atoms with van der Waals surface area (Å²) in [6, 6.07) is 11.8. The van der Waals surface area contributed by atoms with Crippen LogP contribution in [0, 0.1) is 5.82 Å².